The minimum absolute atomic E-state index is 0.417. The van der Waals surface area contributed by atoms with E-state index in [-0.39, 0.29) is 0 Å². The van der Waals surface area contributed by atoms with Crippen LogP contribution in [0.2, 0.25) is 0 Å². The van der Waals surface area contributed by atoms with Gasteiger partial charge in [0.1, 0.15) is 6.07 Å². The molecule has 1 aromatic carbocycles. The number of nitriles is 1. The van der Waals surface area contributed by atoms with Crippen molar-refractivity contribution in [3.05, 3.63) is 28.2 Å². The predicted molar refractivity (Wildman–Crippen MR) is 64.7 cm³/mol. The molecule has 1 aromatic rings. The summed E-state index contributed by atoms with van der Waals surface area (Å²) < 4.78 is 0.855. The van der Waals surface area contributed by atoms with Crippen LogP contribution in [0.1, 0.15) is 25.8 Å². The molecule has 1 fully saturated rings. The van der Waals surface area contributed by atoms with Crippen LogP contribution in [0.25, 0.3) is 0 Å². The van der Waals surface area contributed by atoms with Crippen molar-refractivity contribution in [3.63, 3.8) is 0 Å². The first-order valence-corrected chi connectivity index (χ1v) is 5.78. The molecule has 1 aliphatic carbocycles. The largest absolute Gasteiger partial charge is 0.382 e. The number of hydrogen-bond acceptors (Lipinski definition) is 2. The lowest BCUT2D eigenvalue weighted by Crippen LogP contribution is -2.08. The molecule has 78 valence electrons. The van der Waals surface area contributed by atoms with Crippen LogP contribution in [0.5, 0.6) is 0 Å². The summed E-state index contributed by atoms with van der Waals surface area (Å²) in [7, 11) is 0. The topological polar surface area (TPSA) is 35.8 Å². The summed E-state index contributed by atoms with van der Waals surface area (Å²) in [5.74, 6) is 0. The molecule has 2 rings (SSSR count). The smallest absolute Gasteiger partial charge is 0.100 e. The zero-order chi connectivity index (χ0) is 11.1. The number of halogens is 1. The summed E-state index contributed by atoms with van der Waals surface area (Å²) in [6.45, 7) is 4.51. The standard InChI is InChI=1S/C12H13BrN2/c1-12(2)6-11(12)15-9-4-3-8(7-14)10(13)5-9/h3-5,11,15H,6H2,1-2H3. The molecule has 0 radical (unpaired) electrons. The Morgan fingerprint density at radius 2 is 2.20 bits per heavy atom. The Labute approximate surface area is 98.4 Å². The van der Waals surface area contributed by atoms with Gasteiger partial charge in [-0.2, -0.15) is 5.26 Å². The van der Waals surface area contributed by atoms with Gasteiger partial charge in [0.25, 0.3) is 0 Å². The van der Waals surface area contributed by atoms with Gasteiger partial charge in [-0.05, 0) is 46.0 Å². The van der Waals surface area contributed by atoms with Crippen LogP contribution in [0.3, 0.4) is 0 Å². The molecule has 1 N–H and O–H groups in total. The average molecular weight is 265 g/mol. The Kier molecular flexibility index (Phi) is 2.47. The highest BCUT2D eigenvalue weighted by Gasteiger charge is 2.45. The summed E-state index contributed by atoms with van der Waals surface area (Å²) in [5.41, 5.74) is 2.17. The predicted octanol–water partition coefficient (Wildman–Crippen LogP) is 3.53. The maximum atomic E-state index is 8.79. The third kappa shape index (κ3) is 2.15. The second kappa shape index (κ2) is 3.53. The van der Waals surface area contributed by atoms with E-state index in [2.05, 4.69) is 41.2 Å². The first-order chi connectivity index (χ1) is 7.03. The van der Waals surface area contributed by atoms with E-state index in [1.54, 1.807) is 0 Å². The van der Waals surface area contributed by atoms with E-state index in [0.29, 0.717) is 17.0 Å². The second-order valence-corrected chi connectivity index (χ2v) is 5.55. The van der Waals surface area contributed by atoms with E-state index in [1.807, 2.05) is 18.2 Å². The summed E-state index contributed by atoms with van der Waals surface area (Å²) >= 11 is 3.38. The maximum absolute atomic E-state index is 8.79. The van der Waals surface area contributed by atoms with Gasteiger partial charge >= 0.3 is 0 Å². The van der Waals surface area contributed by atoms with Crippen LogP contribution in [0.15, 0.2) is 22.7 Å². The van der Waals surface area contributed by atoms with Gasteiger partial charge in [-0.3, -0.25) is 0 Å². The van der Waals surface area contributed by atoms with Gasteiger partial charge in [-0.25, -0.2) is 0 Å². The molecule has 3 heteroatoms. The number of nitrogens with zero attached hydrogens (tertiary/aromatic N) is 1. The number of anilines is 1. The van der Waals surface area contributed by atoms with Gasteiger partial charge in [0.05, 0.1) is 5.56 Å². The second-order valence-electron chi connectivity index (χ2n) is 4.70. The molecule has 1 unspecified atom stereocenters. The van der Waals surface area contributed by atoms with Crippen molar-refractivity contribution in [3.8, 4) is 6.07 Å². The summed E-state index contributed by atoms with van der Waals surface area (Å²) in [6.07, 6.45) is 1.21. The number of benzene rings is 1. The molecule has 0 amide bonds. The Hall–Kier alpha value is -1.01. The van der Waals surface area contributed by atoms with E-state index in [0.717, 1.165) is 10.2 Å². The third-order valence-corrected chi connectivity index (χ3v) is 3.60. The lowest BCUT2D eigenvalue weighted by molar-refractivity contribution is 0.630. The molecule has 1 saturated carbocycles. The van der Waals surface area contributed by atoms with Crippen LogP contribution >= 0.6 is 15.9 Å². The average Bonchev–Trinajstić information content (AvgIpc) is 2.74. The fourth-order valence-corrected chi connectivity index (χ4v) is 2.08. The minimum Gasteiger partial charge on any atom is -0.382 e. The Balaban J connectivity index is 2.12. The molecule has 1 atom stereocenters. The fraction of sp³-hybridized carbons (Fsp3) is 0.417. The Morgan fingerprint density at radius 1 is 1.53 bits per heavy atom. The third-order valence-electron chi connectivity index (χ3n) is 2.94. The molecule has 0 heterocycles. The number of nitrogens with one attached hydrogen (secondary N) is 1. The number of rotatable bonds is 2. The SMILES string of the molecule is CC1(C)CC1Nc1ccc(C#N)c(Br)c1. The normalized spacial score (nSPS) is 21.9. The molecular formula is C12H13BrN2. The molecule has 0 aromatic heterocycles. The summed E-state index contributed by atoms with van der Waals surface area (Å²) in [5, 5.41) is 12.2. The highest BCUT2D eigenvalue weighted by molar-refractivity contribution is 9.10. The van der Waals surface area contributed by atoms with Gasteiger partial charge < -0.3 is 5.32 Å². The van der Waals surface area contributed by atoms with Crippen molar-refractivity contribution < 1.29 is 0 Å². The van der Waals surface area contributed by atoms with Crippen LogP contribution in [0, 0.1) is 16.7 Å². The van der Waals surface area contributed by atoms with Crippen molar-refractivity contribution in [2.75, 3.05) is 5.32 Å². The van der Waals surface area contributed by atoms with Gasteiger partial charge in [0, 0.05) is 16.2 Å². The Morgan fingerprint density at radius 3 is 2.67 bits per heavy atom. The van der Waals surface area contributed by atoms with Gasteiger partial charge in [-0.15, -0.1) is 0 Å². The van der Waals surface area contributed by atoms with Crippen molar-refractivity contribution in [1.82, 2.24) is 0 Å². The van der Waals surface area contributed by atoms with Crippen LogP contribution in [-0.2, 0) is 0 Å². The van der Waals surface area contributed by atoms with E-state index in [4.69, 9.17) is 5.26 Å². The van der Waals surface area contributed by atoms with Crippen LogP contribution < -0.4 is 5.32 Å². The monoisotopic (exact) mass is 264 g/mol. The van der Waals surface area contributed by atoms with Crippen molar-refractivity contribution >= 4 is 21.6 Å². The molecule has 15 heavy (non-hydrogen) atoms. The van der Waals surface area contributed by atoms with E-state index >= 15 is 0 Å². The Bertz CT molecular complexity index is 432. The lowest BCUT2D eigenvalue weighted by atomic mass is 10.2. The van der Waals surface area contributed by atoms with E-state index in [1.165, 1.54) is 6.42 Å². The lowest BCUT2D eigenvalue weighted by Gasteiger charge is -2.08. The quantitative estimate of drug-likeness (QED) is 0.887. The molecule has 0 saturated heterocycles. The van der Waals surface area contributed by atoms with Gasteiger partial charge in [-0.1, -0.05) is 13.8 Å². The van der Waals surface area contributed by atoms with E-state index in [9.17, 15) is 0 Å². The molecule has 0 aliphatic heterocycles. The molecule has 0 bridgehead atoms. The summed E-state index contributed by atoms with van der Waals surface area (Å²) in [6, 6.07) is 8.46. The van der Waals surface area contributed by atoms with Crippen LogP contribution in [-0.4, -0.2) is 6.04 Å². The van der Waals surface area contributed by atoms with Gasteiger partial charge in [0.15, 0.2) is 0 Å². The molecule has 2 nitrogen and oxygen atoms in total. The summed E-state index contributed by atoms with van der Waals surface area (Å²) in [4.78, 5) is 0. The zero-order valence-electron chi connectivity index (χ0n) is 8.84. The first kappa shape index (κ1) is 10.5. The van der Waals surface area contributed by atoms with Crippen molar-refractivity contribution in [2.45, 2.75) is 26.3 Å². The molecule has 1 aliphatic rings. The highest BCUT2D eigenvalue weighted by atomic mass is 79.9. The minimum atomic E-state index is 0.417. The molecular weight excluding hydrogens is 252 g/mol. The van der Waals surface area contributed by atoms with Gasteiger partial charge in [0.2, 0.25) is 0 Å². The van der Waals surface area contributed by atoms with E-state index < -0.39 is 0 Å². The van der Waals surface area contributed by atoms with Crippen molar-refractivity contribution in [2.24, 2.45) is 5.41 Å². The van der Waals surface area contributed by atoms with Crippen LogP contribution in [0.4, 0.5) is 5.69 Å². The maximum Gasteiger partial charge on any atom is 0.100 e. The zero-order valence-corrected chi connectivity index (χ0v) is 10.4. The number of hydrogen-bond donors (Lipinski definition) is 1. The fourth-order valence-electron chi connectivity index (χ4n) is 1.61. The van der Waals surface area contributed by atoms with Crippen molar-refractivity contribution in [1.29, 1.82) is 5.26 Å². The molecule has 0 spiro atoms. The highest BCUT2D eigenvalue weighted by Crippen LogP contribution is 2.46. The first-order valence-electron chi connectivity index (χ1n) is 4.99.